The fourth-order valence-electron chi connectivity index (χ4n) is 1.90. The molecule has 92 valence electrons. The fourth-order valence-corrected chi connectivity index (χ4v) is 2.89. The second-order valence-corrected chi connectivity index (χ2v) is 5.77. The maximum absolute atomic E-state index is 3.67. The molecule has 0 aliphatic heterocycles. The van der Waals surface area contributed by atoms with E-state index in [0.29, 0.717) is 6.04 Å². The average Bonchev–Trinajstić information content (AvgIpc) is 2.70. The predicted molar refractivity (Wildman–Crippen MR) is 74.2 cm³/mol. The van der Waals surface area contributed by atoms with Crippen molar-refractivity contribution in [2.45, 2.75) is 58.9 Å². The topological polar surface area (TPSA) is 12.0 Å². The molecule has 1 N–H and O–H groups in total. The van der Waals surface area contributed by atoms with Crippen molar-refractivity contribution in [3.8, 4) is 0 Å². The van der Waals surface area contributed by atoms with Crippen LogP contribution in [0.4, 0.5) is 0 Å². The Balaban J connectivity index is 2.49. The van der Waals surface area contributed by atoms with E-state index in [1.807, 2.05) is 11.3 Å². The van der Waals surface area contributed by atoms with Crippen LogP contribution >= 0.6 is 11.3 Å². The van der Waals surface area contributed by atoms with Crippen molar-refractivity contribution in [3.63, 3.8) is 0 Å². The first-order chi connectivity index (χ1) is 7.77. The zero-order chi connectivity index (χ0) is 11.8. The maximum atomic E-state index is 3.67. The minimum absolute atomic E-state index is 0.588. The van der Waals surface area contributed by atoms with Crippen LogP contribution in [0.25, 0.3) is 0 Å². The van der Waals surface area contributed by atoms with Gasteiger partial charge >= 0.3 is 0 Å². The van der Waals surface area contributed by atoms with Gasteiger partial charge in [0.05, 0.1) is 0 Å². The number of nitrogens with one attached hydrogen (secondary N) is 1. The second kappa shape index (κ2) is 7.86. The summed E-state index contributed by atoms with van der Waals surface area (Å²) in [7, 11) is 0. The van der Waals surface area contributed by atoms with Crippen LogP contribution in [-0.4, -0.2) is 6.54 Å². The first-order valence-electron chi connectivity index (χ1n) is 6.57. The molecule has 16 heavy (non-hydrogen) atoms. The summed E-state index contributed by atoms with van der Waals surface area (Å²) in [6, 6.07) is 5.12. The van der Waals surface area contributed by atoms with Crippen molar-refractivity contribution >= 4 is 11.3 Å². The molecule has 1 atom stereocenters. The molecule has 0 spiro atoms. The van der Waals surface area contributed by atoms with Crippen LogP contribution in [0.1, 0.15) is 61.7 Å². The van der Waals surface area contributed by atoms with Gasteiger partial charge in [-0.3, -0.25) is 0 Å². The fraction of sp³-hybridized carbons (Fsp3) is 0.714. The molecule has 0 saturated heterocycles. The number of thiophene rings is 1. The Morgan fingerprint density at radius 3 is 2.56 bits per heavy atom. The molecule has 1 aromatic heterocycles. The Morgan fingerprint density at radius 2 is 2.00 bits per heavy atom. The maximum Gasteiger partial charge on any atom is 0.0414 e. The molecule has 0 aromatic carbocycles. The molecule has 2 heteroatoms. The summed E-state index contributed by atoms with van der Waals surface area (Å²) in [6.07, 6.45) is 6.51. The molecule has 0 radical (unpaired) electrons. The summed E-state index contributed by atoms with van der Waals surface area (Å²) in [5, 5.41) is 3.67. The molecule has 0 saturated carbocycles. The lowest BCUT2D eigenvalue weighted by Gasteiger charge is -2.16. The van der Waals surface area contributed by atoms with Gasteiger partial charge in [-0.2, -0.15) is 0 Å². The van der Waals surface area contributed by atoms with Crippen molar-refractivity contribution in [3.05, 3.63) is 21.9 Å². The highest BCUT2D eigenvalue weighted by molar-refractivity contribution is 7.12. The van der Waals surface area contributed by atoms with E-state index in [2.05, 4.69) is 38.2 Å². The minimum Gasteiger partial charge on any atom is -0.309 e. The summed E-state index contributed by atoms with van der Waals surface area (Å²) in [5.74, 6) is 0. The number of hydrogen-bond acceptors (Lipinski definition) is 2. The summed E-state index contributed by atoms with van der Waals surface area (Å²) in [4.78, 5) is 2.94. The Bertz CT molecular complexity index is 280. The van der Waals surface area contributed by atoms with Crippen LogP contribution < -0.4 is 5.32 Å². The van der Waals surface area contributed by atoms with Crippen LogP contribution in [0.15, 0.2) is 12.1 Å². The minimum atomic E-state index is 0.588. The highest BCUT2D eigenvalue weighted by Gasteiger charge is 2.11. The zero-order valence-electron chi connectivity index (χ0n) is 10.9. The van der Waals surface area contributed by atoms with E-state index in [1.165, 1.54) is 41.9 Å². The van der Waals surface area contributed by atoms with Crippen molar-refractivity contribution in [1.29, 1.82) is 0 Å². The van der Waals surface area contributed by atoms with E-state index in [0.717, 1.165) is 6.54 Å². The van der Waals surface area contributed by atoms with Gasteiger partial charge in [-0.25, -0.2) is 0 Å². The summed E-state index contributed by atoms with van der Waals surface area (Å²) in [6.45, 7) is 7.82. The van der Waals surface area contributed by atoms with Crippen LogP contribution in [-0.2, 0) is 0 Å². The standard InChI is InChI=1S/C14H25NS/c1-4-6-7-8-13(15-11-5-2)14-10-9-12(3)16-14/h9-10,13,15H,4-8,11H2,1-3H3. The van der Waals surface area contributed by atoms with Gasteiger partial charge in [-0.05, 0) is 38.4 Å². The zero-order valence-corrected chi connectivity index (χ0v) is 11.7. The van der Waals surface area contributed by atoms with E-state index < -0.39 is 0 Å². The number of rotatable bonds is 8. The number of hydrogen-bond donors (Lipinski definition) is 1. The summed E-state index contributed by atoms with van der Waals surface area (Å²) in [5.41, 5.74) is 0. The van der Waals surface area contributed by atoms with E-state index in [9.17, 15) is 0 Å². The molecular weight excluding hydrogens is 214 g/mol. The number of aryl methyl sites for hydroxylation is 1. The Morgan fingerprint density at radius 1 is 1.19 bits per heavy atom. The normalized spacial score (nSPS) is 12.9. The molecule has 1 heterocycles. The molecule has 1 unspecified atom stereocenters. The van der Waals surface area contributed by atoms with E-state index in [4.69, 9.17) is 0 Å². The van der Waals surface area contributed by atoms with Crippen molar-refractivity contribution in [1.82, 2.24) is 5.32 Å². The largest absolute Gasteiger partial charge is 0.309 e. The van der Waals surface area contributed by atoms with Gasteiger partial charge in [0.1, 0.15) is 0 Å². The van der Waals surface area contributed by atoms with Gasteiger partial charge in [-0.1, -0.05) is 33.1 Å². The van der Waals surface area contributed by atoms with Crippen LogP contribution in [0.5, 0.6) is 0 Å². The Kier molecular flexibility index (Phi) is 6.74. The quantitative estimate of drug-likeness (QED) is 0.650. The van der Waals surface area contributed by atoms with Gasteiger partial charge < -0.3 is 5.32 Å². The van der Waals surface area contributed by atoms with Gasteiger partial charge in [0.2, 0.25) is 0 Å². The molecular formula is C14H25NS. The lowest BCUT2D eigenvalue weighted by atomic mass is 10.1. The second-order valence-electron chi connectivity index (χ2n) is 4.45. The van der Waals surface area contributed by atoms with Gasteiger partial charge in [0.15, 0.2) is 0 Å². The third kappa shape index (κ3) is 4.67. The van der Waals surface area contributed by atoms with Crippen LogP contribution in [0, 0.1) is 6.92 Å². The van der Waals surface area contributed by atoms with Gasteiger partial charge in [0.25, 0.3) is 0 Å². The van der Waals surface area contributed by atoms with Gasteiger partial charge in [0, 0.05) is 15.8 Å². The third-order valence-corrected chi connectivity index (χ3v) is 3.96. The van der Waals surface area contributed by atoms with Crippen molar-refractivity contribution in [2.24, 2.45) is 0 Å². The SMILES string of the molecule is CCCCCC(NCCC)c1ccc(C)s1. The first kappa shape index (κ1) is 13.7. The Labute approximate surface area is 104 Å². The average molecular weight is 239 g/mol. The Hall–Kier alpha value is -0.340. The van der Waals surface area contributed by atoms with Crippen molar-refractivity contribution in [2.75, 3.05) is 6.54 Å². The van der Waals surface area contributed by atoms with E-state index in [-0.39, 0.29) is 0 Å². The summed E-state index contributed by atoms with van der Waals surface area (Å²) < 4.78 is 0. The number of unbranched alkanes of at least 4 members (excludes halogenated alkanes) is 2. The molecule has 0 fully saturated rings. The molecule has 0 aliphatic rings. The van der Waals surface area contributed by atoms with E-state index >= 15 is 0 Å². The highest BCUT2D eigenvalue weighted by Crippen LogP contribution is 2.26. The molecule has 0 aliphatic carbocycles. The van der Waals surface area contributed by atoms with E-state index in [1.54, 1.807) is 0 Å². The monoisotopic (exact) mass is 239 g/mol. The molecule has 1 rings (SSSR count). The highest BCUT2D eigenvalue weighted by atomic mass is 32.1. The first-order valence-corrected chi connectivity index (χ1v) is 7.39. The van der Waals surface area contributed by atoms with Gasteiger partial charge in [-0.15, -0.1) is 11.3 Å². The third-order valence-electron chi connectivity index (χ3n) is 2.84. The molecule has 0 amide bonds. The van der Waals surface area contributed by atoms with Crippen LogP contribution in [0.3, 0.4) is 0 Å². The molecule has 0 bridgehead atoms. The summed E-state index contributed by atoms with van der Waals surface area (Å²) >= 11 is 1.94. The predicted octanol–water partition coefficient (Wildman–Crippen LogP) is 4.68. The molecule has 1 nitrogen and oxygen atoms in total. The lowest BCUT2D eigenvalue weighted by molar-refractivity contribution is 0.480. The van der Waals surface area contributed by atoms with Crippen molar-refractivity contribution < 1.29 is 0 Å². The smallest absolute Gasteiger partial charge is 0.0414 e. The molecule has 1 aromatic rings. The lowest BCUT2D eigenvalue weighted by Crippen LogP contribution is -2.21. The van der Waals surface area contributed by atoms with Crippen LogP contribution in [0.2, 0.25) is 0 Å².